The molecule has 226 valence electrons. The number of hydrogen-bond donors (Lipinski definition) is 0. The molecule has 5 nitrogen and oxygen atoms in total. The molecular formula is C35H44O5S2. The number of rotatable bonds is 14. The van der Waals surface area contributed by atoms with E-state index in [1.807, 2.05) is 84.9 Å². The van der Waals surface area contributed by atoms with Crippen molar-refractivity contribution in [3.8, 4) is 5.75 Å². The van der Waals surface area contributed by atoms with Gasteiger partial charge in [0.25, 0.3) is 10.1 Å². The third kappa shape index (κ3) is 5.80. The fourth-order valence-electron chi connectivity index (χ4n) is 6.96. The van der Waals surface area contributed by atoms with Crippen molar-refractivity contribution in [2.45, 2.75) is 86.8 Å². The predicted octanol–water partition coefficient (Wildman–Crippen LogP) is 8.97. The molecule has 3 aromatic rings. The molecule has 0 spiro atoms. The summed E-state index contributed by atoms with van der Waals surface area (Å²) in [7, 11) is -6.88. The fraction of sp³-hybridized carbons (Fsp3) is 0.457. The molecule has 0 N–H and O–H groups in total. The summed E-state index contributed by atoms with van der Waals surface area (Å²) in [6.45, 7) is 6.97. The maximum Gasteiger partial charge on any atom is 0.278 e. The van der Waals surface area contributed by atoms with Crippen molar-refractivity contribution in [3.63, 3.8) is 0 Å². The summed E-state index contributed by atoms with van der Waals surface area (Å²) < 4.78 is 41.2. The highest BCUT2D eigenvalue weighted by molar-refractivity contribution is 8.33. The predicted molar refractivity (Wildman–Crippen MR) is 169 cm³/mol. The van der Waals surface area contributed by atoms with Crippen LogP contribution in [0.3, 0.4) is 0 Å². The first-order valence-electron chi connectivity index (χ1n) is 15.3. The summed E-state index contributed by atoms with van der Waals surface area (Å²) in [4.78, 5) is 15.6. The molecule has 2 aliphatic carbocycles. The average molecular weight is 609 g/mol. The molecule has 2 fully saturated rings. The van der Waals surface area contributed by atoms with Crippen molar-refractivity contribution in [2.75, 3.05) is 12.4 Å². The number of Topliss-reactive ketones (excluding diaryl/α,β-unsaturated/α-hetero) is 1. The molecule has 3 aromatic carbocycles. The first kappa shape index (κ1) is 30.8. The first-order valence-corrected chi connectivity index (χ1v) is 18.4. The molecule has 2 saturated carbocycles. The summed E-state index contributed by atoms with van der Waals surface area (Å²) in [5.41, 5.74) is -1.29. The van der Waals surface area contributed by atoms with Gasteiger partial charge in [0.2, 0.25) is 0 Å². The maximum absolute atomic E-state index is 14.3. The minimum absolute atomic E-state index is 0.0622. The van der Waals surface area contributed by atoms with Gasteiger partial charge in [0.1, 0.15) is 11.5 Å². The van der Waals surface area contributed by atoms with Crippen molar-refractivity contribution in [2.24, 2.45) is 16.7 Å². The van der Waals surface area contributed by atoms with Crippen LogP contribution in [-0.4, -0.2) is 26.6 Å². The zero-order valence-corrected chi connectivity index (χ0v) is 26.7. The Kier molecular flexibility index (Phi) is 9.22. The molecule has 2 bridgehead atoms. The van der Waals surface area contributed by atoms with Gasteiger partial charge in [-0.25, -0.2) is 3.63 Å². The second-order valence-corrected chi connectivity index (χ2v) is 16.8. The fourth-order valence-corrected chi connectivity index (χ4v) is 13.0. The number of carbonyl (C=O) groups excluding carboxylic acids is 1. The van der Waals surface area contributed by atoms with Gasteiger partial charge in [-0.2, -0.15) is 8.42 Å². The zero-order valence-electron chi connectivity index (χ0n) is 25.1. The monoisotopic (exact) mass is 608 g/mol. The Hall–Kier alpha value is -2.61. The molecule has 7 heteroatoms. The number of fused-ring (bicyclic) bond motifs is 2. The van der Waals surface area contributed by atoms with Gasteiger partial charge in [0, 0.05) is 21.1 Å². The topological polar surface area (TPSA) is 69.7 Å². The summed E-state index contributed by atoms with van der Waals surface area (Å²) in [5, 5.41) is 0. The molecule has 2 aliphatic rings. The van der Waals surface area contributed by atoms with Crippen LogP contribution in [0.2, 0.25) is 0 Å². The highest BCUT2D eigenvalue weighted by Gasteiger charge is 2.65. The van der Waals surface area contributed by atoms with E-state index in [0.29, 0.717) is 19.4 Å². The number of ketones is 1. The highest BCUT2D eigenvalue weighted by atomic mass is 32.3. The van der Waals surface area contributed by atoms with Crippen LogP contribution in [0.25, 0.3) is 0 Å². The van der Waals surface area contributed by atoms with Crippen LogP contribution in [0.15, 0.2) is 99.6 Å². The lowest BCUT2D eigenvalue weighted by atomic mass is 9.70. The molecule has 0 amide bonds. The van der Waals surface area contributed by atoms with E-state index in [4.69, 9.17) is 8.37 Å². The summed E-state index contributed by atoms with van der Waals surface area (Å²) in [6.07, 6.45) is 7.75. The van der Waals surface area contributed by atoms with E-state index in [-0.39, 0.29) is 22.9 Å². The minimum atomic E-state index is -4.17. The molecular weight excluding hydrogens is 565 g/mol. The lowest BCUT2D eigenvalue weighted by molar-refractivity contribution is -0.128. The van der Waals surface area contributed by atoms with Crippen LogP contribution in [0.1, 0.15) is 72.1 Å². The first-order chi connectivity index (χ1) is 20.1. The van der Waals surface area contributed by atoms with E-state index in [1.54, 1.807) is 0 Å². The third-order valence-corrected chi connectivity index (χ3v) is 14.9. The number of ether oxygens (including phenoxy) is 1. The molecule has 0 aromatic heterocycles. The van der Waals surface area contributed by atoms with Gasteiger partial charge in [-0.1, -0.05) is 82.9 Å². The SMILES string of the molecule is CCCCCCCOc1ccc(S(OS(=O)(=O)CC23CCC(CC2=O)C3(C)C)(c2ccccc2)c2ccccc2)cc1. The van der Waals surface area contributed by atoms with Gasteiger partial charge in [-0.15, -0.1) is 0 Å². The second-order valence-electron chi connectivity index (χ2n) is 12.4. The largest absolute Gasteiger partial charge is 0.494 e. The molecule has 0 radical (unpaired) electrons. The van der Waals surface area contributed by atoms with E-state index in [1.165, 1.54) is 19.3 Å². The van der Waals surface area contributed by atoms with Gasteiger partial charge < -0.3 is 4.74 Å². The van der Waals surface area contributed by atoms with Gasteiger partial charge in [0.05, 0.1) is 17.8 Å². The molecule has 2 atom stereocenters. The smallest absolute Gasteiger partial charge is 0.278 e. The van der Waals surface area contributed by atoms with Gasteiger partial charge in [-0.3, -0.25) is 4.79 Å². The maximum atomic E-state index is 14.3. The van der Waals surface area contributed by atoms with Crippen molar-refractivity contribution >= 4 is 26.2 Å². The minimum Gasteiger partial charge on any atom is -0.494 e. The Labute approximate surface area is 253 Å². The second kappa shape index (κ2) is 12.6. The Balaban J connectivity index is 1.52. The molecule has 42 heavy (non-hydrogen) atoms. The number of hydrogen-bond acceptors (Lipinski definition) is 5. The number of benzene rings is 3. The van der Waals surface area contributed by atoms with Crippen molar-refractivity contribution in [1.29, 1.82) is 0 Å². The standard InChI is InChI=1S/C35H44O5S2/c1-4-5-6-7-14-25-39-29-19-21-32(22-20-29)42(30-15-10-8-11-16-30,31-17-12-9-13-18-31)40-41(37,38)27-35-24-23-28(26-33(35)36)34(35,2)3/h8-13,15-22,28H,4-7,14,23-27H2,1-3H3. The summed E-state index contributed by atoms with van der Waals surface area (Å²) >= 11 is 0. The molecule has 0 heterocycles. The van der Waals surface area contributed by atoms with Gasteiger partial charge in [-0.05, 0) is 89.4 Å². The number of carbonyl (C=O) groups is 1. The van der Waals surface area contributed by atoms with Crippen LogP contribution >= 0.6 is 10.3 Å². The lowest BCUT2D eigenvalue weighted by Gasteiger charge is -2.41. The molecule has 5 rings (SSSR count). The molecule has 0 aliphatic heterocycles. The van der Waals surface area contributed by atoms with E-state index < -0.39 is 25.8 Å². The van der Waals surface area contributed by atoms with E-state index in [9.17, 15) is 13.2 Å². The van der Waals surface area contributed by atoms with Crippen LogP contribution in [-0.2, 0) is 18.5 Å². The van der Waals surface area contributed by atoms with Crippen molar-refractivity contribution in [3.05, 3.63) is 84.9 Å². The Bertz CT molecular complexity index is 1410. The Morgan fingerprint density at radius 2 is 1.36 bits per heavy atom. The van der Waals surface area contributed by atoms with Crippen LogP contribution < -0.4 is 4.74 Å². The Morgan fingerprint density at radius 3 is 1.88 bits per heavy atom. The van der Waals surface area contributed by atoms with E-state index >= 15 is 0 Å². The van der Waals surface area contributed by atoms with Gasteiger partial charge in [0.15, 0.2) is 0 Å². The Morgan fingerprint density at radius 1 is 0.786 bits per heavy atom. The molecule has 0 saturated heterocycles. The summed E-state index contributed by atoms with van der Waals surface area (Å²) in [5.74, 6) is 0.739. The quantitative estimate of drug-likeness (QED) is 0.171. The zero-order chi connectivity index (χ0) is 29.8. The summed E-state index contributed by atoms with van der Waals surface area (Å²) in [6, 6.07) is 26.9. The van der Waals surface area contributed by atoms with Crippen molar-refractivity contribution in [1.82, 2.24) is 0 Å². The normalized spacial score (nSPS) is 21.9. The third-order valence-electron chi connectivity index (χ3n) is 9.59. The van der Waals surface area contributed by atoms with Gasteiger partial charge >= 0.3 is 0 Å². The average Bonchev–Trinajstić information content (AvgIpc) is 3.33. The van der Waals surface area contributed by atoms with Crippen LogP contribution in [0, 0.1) is 16.7 Å². The van der Waals surface area contributed by atoms with Crippen LogP contribution in [0.4, 0.5) is 0 Å². The van der Waals surface area contributed by atoms with Crippen LogP contribution in [0.5, 0.6) is 5.75 Å². The molecule has 2 unspecified atom stereocenters. The highest BCUT2D eigenvalue weighted by Crippen LogP contribution is 2.71. The van der Waals surface area contributed by atoms with E-state index in [2.05, 4.69) is 20.8 Å². The number of unbranched alkanes of at least 4 members (excludes halogenated alkanes) is 4. The van der Waals surface area contributed by atoms with Crippen molar-refractivity contribution < 1.29 is 21.6 Å². The lowest BCUT2D eigenvalue weighted by Crippen LogP contribution is -2.42. The van der Waals surface area contributed by atoms with E-state index in [0.717, 1.165) is 39.7 Å².